The molecule has 0 aliphatic carbocycles. The predicted octanol–water partition coefficient (Wildman–Crippen LogP) is 3.93. The summed E-state index contributed by atoms with van der Waals surface area (Å²) in [6.07, 6.45) is 3.39. The molecule has 2 aromatic rings. The van der Waals surface area contributed by atoms with Crippen LogP contribution in [0.25, 0.3) is 11.7 Å². The average molecular weight is 431 g/mol. The van der Waals surface area contributed by atoms with Crippen LogP contribution in [0.4, 0.5) is 5.82 Å². The van der Waals surface area contributed by atoms with Crippen molar-refractivity contribution >= 4 is 51.7 Å². The summed E-state index contributed by atoms with van der Waals surface area (Å²) in [5.41, 5.74) is 1.69. The van der Waals surface area contributed by atoms with Crippen LogP contribution >= 0.6 is 24.0 Å². The molecule has 6 nitrogen and oxygen atoms in total. The van der Waals surface area contributed by atoms with E-state index in [1.807, 2.05) is 32.9 Å². The average Bonchev–Trinajstić information content (AvgIpc) is 2.90. The third-order valence-corrected chi connectivity index (χ3v) is 5.76. The minimum Gasteiger partial charge on any atom is -0.369 e. The first-order chi connectivity index (χ1) is 13.7. The molecule has 3 heterocycles. The number of thiocarbonyl (C=S) groups is 1. The highest BCUT2D eigenvalue weighted by molar-refractivity contribution is 8.26. The van der Waals surface area contributed by atoms with E-state index in [1.54, 1.807) is 17.2 Å². The molecule has 0 radical (unpaired) electrons. The number of fused-ring (bicyclic) bond motifs is 1. The van der Waals surface area contributed by atoms with E-state index < -0.39 is 0 Å². The molecular weight excluding hydrogens is 404 g/mol. The number of hydrogen-bond donors (Lipinski definition) is 1. The monoisotopic (exact) mass is 430 g/mol. The number of hydrogen-bond acceptors (Lipinski definition) is 6. The molecule has 0 unspecified atom stereocenters. The molecule has 0 atom stereocenters. The molecule has 1 amide bonds. The van der Waals surface area contributed by atoms with Crippen molar-refractivity contribution in [1.82, 2.24) is 14.3 Å². The minimum absolute atomic E-state index is 0.155. The summed E-state index contributed by atoms with van der Waals surface area (Å²) in [6.45, 7) is 11.4. The Morgan fingerprint density at radius 2 is 1.93 bits per heavy atom. The fraction of sp³-hybridized carbons (Fsp3) is 0.429. The van der Waals surface area contributed by atoms with E-state index in [0.717, 1.165) is 5.56 Å². The van der Waals surface area contributed by atoms with Gasteiger partial charge in [-0.15, -0.1) is 0 Å². The second kappa shape index (κ2) is 8.67. The number of carbonyl (C=O) groups is 1. The van der Waals surface area contributed by atoms with Gasteiger partial charge in [0.2, 0.25) is 0 Å². The molecule has 0 bridgehead atoms. The quantitative estimate of drug-likeness (QED) is 0.553. The first-order valence-corrected chi connectivity index (χ1v) is 10.9. The van der Waals surface area contributed by atoms with Gasteiger partial charge in [-0.05, 0) is 36.5 Å². The molecule has 1 N–H and O–H groups in total. The van der Waals surface area contributed by atoms with Crippen LogP contribution in [0.3, 0.4) is 0 Å². The summed E-state index contributed by atoms with van der Waals surface area (Å²) >= 11 is 6.62. The van der Waals surface area contributed by atoms with Crippen LogP contribution in [0.15, 0.2) is 28.0 Å². The predicted molar refractivity (Wildman–Crippen MR) is 124 cm³/mol. The third kappa shape index (κ3) is 4.70. The van der Waals surface area contributed by atoms with Crippen molar-refractivity contribution in [2.75, 3.05) is 18.4 Å². The zero-order valence-electron chi connectivity index (χ0n) is 17.4. The second-order valence-corrected chi connectivity index (χ2v) is 9.75. The lowest BCUT2D eigenvalue weighted by Gasteiger charge is -2.16. The summed E-state index contributed by atoms with van der Waals surface area (Å²) in [7, 11) is 0. The Morgan fingerprint density at radius 1 is 1.21 bits per heavy atom. The number of aryl methyl sites for hydroxylation is 1. The van der Waals surface area contributed by atoms with Crippen molar-refractivity contribution in [3.05, 3.63) is 44.7 Å². The second-order valence-electron chi connectivity index (χ2n) is 8.07. The van der Waals surface area contributed by atoms with Crippen molar-refractivity contribution < 1.29 is 4.79 Å². The number of pyridine rings is 1. The van der Waals surface area contributed by atoms with Crippen LogP contribution in [-0.4, -0.2) is 37.6 Å². The lowest BCUT2D eigenvalue weighted by molar-refractivity contribution is -0.122. The molecule has 1 saturated heterocycles. The summed E-state index contributed by atoms with van der Waals surface area (Å²) < 4.78 is 2.05. The van der Waals surface area contributed by atoms with Crippen molar-refractivity contribution in [3.63, 3.8) is 0 Å². The van der Waals surface area contributed by atoms with Crippen LogP contribution in [-0.2, 0) is 4.79 Å². The molecule has 3 rings (SSSR count). The molecule has 0 spiro atoms. The maximum Gasteiger partial charge on any atom is 0.267 e. The van der Waals surface area contributed by atoms with Crippen molar-refractivity contribution in [1.29, 1.82) is 0 Å². The van der Waals surface area contributed by atoms with Gasteiger partial charge in [-0.3, -0.25) is 18.9 Å². The van der Waals surface area contributed by atoms with Crippen molar-refractivity contribution in [2.45, 2.75) is 34.6 Å². The van der Waals surface area contributed by atoms with Crippen molar-refractivity contribution in [2.24, 2.45) is 11.8 Å². The molecular formula is C21H26N4O2S2. The number of aromatic nitrogens is 2. The zero-order valence-corrected chi connectivity index (χ0v) is 19.0. The Kier molecular flexibility index (Phi) is 6.43. The van der Waals surface area contributed by atoms with Gasteiger partial charge in [-0.1, -0.05) is 57.7 Å². The SMILES string of the molecule is Cc1ccc2nc(NCC(C)C)c(/C=C3\SC(=S)N(CC(C)C)C3=O)c(=O)n2c1. The van der Waals surface area contributed by atoms with E-state index in [1.165, 1.54) is 16.2 Å². The van der Waals surface area contributed by atoms with Gasteiger partial charge in [-0.25, -0.2) is 4.98 Å². The van der Waals surface area contributed by atoms with E-state index >= 15 is 0 Å². The Labute approximate surface area is 180 Å². The van der Waals surface area contributed by atoms with Gasteiger partial charge in [0.25, 0.3) is 11.5 Å². The maximum atomic E-state index is 13.3. The van der Waals surface area contributed by atoms with Gasteiger partial charge in [-0.2, -0.15) is 0 Å². The number of anilines is 1. The number of thioether (sulfide) groups is 1. The van der Waals surface area contributed by atoms with E-state index in [0.29, 0.717) is 51.2 Å². The topological polar surface area (TPSA) is 66.7 Å². The normalized spacial score (nSPS) is 16.1. The Hall–Kier alpha value is -2.19. The molecule has 2 aromatic heterocycles. The molecule has 29 heavy (non-hydrogen) atoms. The summed E-state index contributed by atoms with van der Waals surface area (Å²) in [5, 5.41) is 3.27. The van der Waals surface area contributed by atoms with Gasteiger partial charge in [0.15, 0.2) is 0 Å². The Morgan fingerprint density at radius 3 is 2.59 bits per heavy atom. The van der Waals surface area contributed by atoms with E-state index in [-0.39, 0.29) is 11.5 Å². The van der Waals surface area contributed by atoms with E-state index in [9.17, 15) is 9.59 Å². The Balaban J connectivity index is 2.11. The smallest absolute Gasteiger partial charge is 0.267 e. The Bertz CT molecular complexity index is 1060. The highest BCUT2D eigenvalue weighted by Crippen LogP contribution is 2.33. The van der Waals surface area contributed by atoms with Crippen LogP contribution in [0.2, 0.25) is 0 Å². The van der Waals surface area contributed by atoms with Gasteiger partial charge in [0.05, 0.1) is 10.5 Å². The van der Waals surface area contributed by atoms with Crippen LogP contribution in [0.5, 0.6) is 0 Å². The van der Waals surface area contributed by atoms with Gasteiger partial charge < -0.3 is 5.32 Å². The number of amides is 1. The number of carbonyl (C=O) groups excluding carboxylic acids is 1. The fourth-order valence-corrected chi connectivity index (χ4v) is 4.23. The minimum atomic E-state index is -0.209. The first-order valence-electron chi connectivity index (χ1n) is 9.69. The molecule has 0 aromatic carbocycles. The fourth-order valence-electron chi connectivity index (χ4n) is 2.98. The first kappa shape index (κ1) is 21.5. The van der Waals surface area contributed by atoms with Gasteiger partial charge in [0.1, 0.15) is 15.8 Å². The van der Waals surface area contributed by atoms with Crippen LogP contribution in [0.1, 0.15) is 38.8 Å². The third-order valence-electron chi connectivity index (χ3n) is 4.38. The molecule has 8 heteroatoms. The number of nitrogens with zero attached hydrogens (tertiary/aromatic N) is 3. The summed E-state index contributed by atoms with van der Waals surface area (Å²) in [6, 6.07) is 3.74. The van der Waals surface area contributed by atoms with Crippen LogP contribution < -0.4 is 10.9 Å². The largest absolute Gasteiger partial charge is 0.369 e. The molecule has 1 fully saturated rings. The van der Waals surface area contributed by atoms with Gasteiger partial charge in [0, 0.05) is 19.3 Å². The highest BCUT2D eigenvalue weighted by atomic mass is 32.2. The van der Waals surface area contributed by atoms with E-state index in [2.05, 4.69) is 24.1 Å². The van der Waals surface area contributed by atoms with Crippen LogP contribution in [0, 0.1) is 18.8 Å². The molecule has 154 valence electrons. The maximum absolute atomic E-state index is 13.3. The molecule has 1 aliphatic rings. The molecule has 0 saturated carbocycles. The lowest BCUT2D eigenvalue weighted by atomic mass is 10.2. The lowest BCUT2D eigenvalue weighted by Crippen LogP contribution is -2.31. The zero-order chi connectivity index (χ0) is 21.3. The number of nitrogens with one attached hydrogen (secondary N) is 1. The summed E-state index contributed by atoms with van der Waals surface area (Å²) in [5.74, 6) is 1.01. The van der Waals surface area contributed by atoms with E-state index in [4.69, 9.17) is 12.2 Å². The summed E-state index contributed by atoms with van der Waals surface area (Å²) in [4.78, 5) is 32.8. The highest BCUT2D eigenvalue weighted by Gasteiger charge is 2.32. The number of rotatable bonds is 6. The standard InChI is InChI=1S/C21H26N4O2S2/c1-12(2)9-22-18-15(19(26)24-11-14(5)6-7-17(24)23-18)8-16-20(27)25(10-13(3)4)21(28)29-16/h6-8,11-13,22H,9-10H2,1-5H3/b16-8-. The van der Waals surface area contributed by atoms with Gasteiger partial charge >= 0.3 is 0 Å². The molecule has 1 aliphatic heterocycles. The van der Waals surface area contributed by atoms with Crippen molar-refractivity contribution in [3.8, 4) is 0 Å².